The number of aromatic amines is 1. The first-order valence-electron chi connectivity index (χ1n) is 6.98. The molecule has 0 aliphatic carbocycles. The van der Waals surface area contributed by atoms with Gasteiger partial charge in [-0.3, -0.25) is 4.79 Å². The highest BCUT2D eigenvalue weighted by molar-refractivity contribution is 5.60. The van der Waals surface area contributed by atoms with Crippen molar-refractivity contribution >= 4 is 0 Å². The zero-order chi connectivity index (χ0) is 14.5. The van der Waals surface area contributed by atoms with Crippen molar-refractivity contribution < 1.29 is 0 Å². The first-order valence-corrected chi connectivity index (χ1v) is 6.98. The van der Waals surface area contributed by atoms with Crippen LogP contribution in [0.5, 0.6) is 0 Å². The highest BCUT2D eigenvalue weighted by Gasteiger charge is 2.06. The highest BCUT2D eigenvalue weighted by Crippen LogP contribution is 2.19. The average molecular weight is 271 g/mol. The lowest BCUT2D eigenvalue weighted by atomic mass is 10.0. The molecular weight excluding hydrogens is 250 g/mol. The van der Waals surface area contributed by atoms with Gasteiger partial charge in [0, 0.05) is 17.7 Å². The minimum Gasteiger partial charge on any atom is -0.312 e. The second-order valence-electron chi connectivity index (χ2n) is 5.08. The second-order valence-corrected chi connectivity index (χ2v) is 5.08. The maximum Gasteiger partial charge on any atom is 0.268 e. The molecule has 0 bridgehead atoms. The summed E-state index contributed by atoms with van der Waals surface area (Å²) in [5.41, 5.74) is 4.91. The minimum absolute atomic E-state index is 0.124. The molecule has 106 valence electrons. The van der Waals surface area contributed by atoms with Crippen LogP contribution in [0.1, 0.15) is 30.0 Å². The fourth-order valence-electron chi connectivity index (χ4n) is 2.03. The number of aromatic nitrogens is 2. The number of benzene rings is 1. The Morgan fingerprint density at radius 3 is 2.70 bits per heavy atom. The van der Waals surface area contributed by atoms with E-state index in [-0.39, 0.29) is 5.56 Å². The quantitative estimate of drug-likeness (QED) is 0.822. The molecule has 0 radical (unpaired) electrons. The van der Waals surface area contributed by atoms with Gasteiger partial charge in [-0.15, -0.1) is 0 Å². The summed E-state index contributed by atoms with van der Waals surface area (Å²) in [6.07, 6.45) is 1.05. The summed E-state index contributed by atoms with van der Waals surface area (Å²) in [5, 5.41) is 9.97. The number of hydrogen-bond acceptors (Lipinski definition) is 3. The number of nitrogens with one attached hydrogen (secondary N) is 2. The number of H-pyrrole nitrogens is 1. The Balaban J connectivity index is 2.30. The van der Waals surface area contributed by atoms with Gasteiger partial charge in [0.2, 0.25) is 0 Å². The van der Waals surface area contributed by atoms with E-state index < -0.39 is 0 Å². The zero-order valence-electron chi connectivity index (χ0n) is 12.3. The van der Waals surface area contributed by atoms with E-state index >= 15 is 0 Å². The van der Waals surface area contributed by atoms with Gasteiger partial charge in [0.25, 0.3) is 5.56 Å². The fraction of sp³-hybridized carbons (Fsp3) is 0.375. The third-order valence-electron chi connectivity index (χ3n) is 3.43. The summed E-state index contributed by atoms with van der Waals surface area (Å²) >= 11 is 0. The lowest BCUT2D eigenvalue weighted by Crippen LogP contribution is -2.22. The van der Waals surface area contributed by atoms with Crippen LogP contribution in [-0.4, -0.2) is 16.7 Å². The maximum atomic E-state index is 11.8. The van der Waals surface area contributed by atoms with Crippen LogP contribution in [0.25, 0.3) is 11.3 Å². The van der Waals surface area contributed by atoms with Crippen LogP contribution in [0.2, 0.25) is 0 Å². The van der Waals surface area contributed by atoms with Gasteiger partial charge in [-0.1, -0.05) is 19.1 Å². The topological polar surface area (TPSA) is 57.8 Å². The van der Waals surface area contributed by atoms with E-state index in [4.69, 9.17) is 0 Å². The molecule has 0 unspecified atom stereocenters. The van der Waals surface area contributed by atoms with E-state index in [0.29, 0.717) is 6.54 Å². The number of aryl methyl sites for hydroxylation is 2. The Hall–Kier alpha value is -1.94. The molecule has 0 aliphatic heterocycles. The highest BCUT2D eigenvalue weighted by atomic mass is 16.1. The SMILES string of the molecule is CCCNCc1cc(-c2ccc(C)c(C)c2)n[nH]c1=O. The first kappa shape index (κ1) is 14.5. The summed E-state index contributed by atoms with van der Waals surface area (Å²) in [5.74, 6) is 0. The average Bonchev–Trinajstić information content (AvgIpc) is 2.44. The predicted octanol–water partition coefficient (Wildman–Crippen LogP) is 2.55. The third-order valence-corrected chi connectivity index (χ3v) is 3.43. The number of nitrogens with zero attached hydrogens (tertiary/aromatic N) is 1. The molecule has 2 aromatic rings. The number of rotatable bonds is 5. The largest absolute Gasteiger partial charge is 0.312 e. The lowest BCUT2D eigenvalue weighted by Gasteiger charge is -2.07. The van der Waals surface area contributed by atoms with Crippen LogP contribution >= 0.6 is 0 Å². The lowest BCUT2D eigenvalue weighted by molar-refractivity contribution is 0.668. The van der Waals surface area contributed by atoms with E-state index in [9.17, 15) is 4.79 Å². The van der Waals surface area contributed by atoms with Crippen molar-refractivity contribution in [1.82, 2.24) is 15.5 Å². The van der Waals surface area contributed by atoms with Crippen molar-refractivity contribution in [2.75, 3.05) is 6.54 Å². The maximum absolute atomic E-state index is 11.8. The van der Waals surface area contributed by atoms with E-state index in [1.165, 1.54) is 11.1 Å². The molecule has 4 nitrogen and oxygen atoms in total. The summed E-state index contributed by atoms with van der Waals surface area (Å²) in [4.78, 5) is 11.8. The zero-order valence-corrected chi connectivity index (χ0v) is 12.3. The van der Waals surface area contributed by atoms with Gasteiger partial charge in [0.15, 0.2) is 0 Å². The molecule has 2 N–H and O–H groups in total. The van der Waals surface area contributed by atoms with Gasteiger partial charge in [-0.25, -0.2) is 5.10 Å². The van der Waals surface area contributed by atoms with Crippen LogP contribution < -0.4 is 10.9 Å². The molecule has 0 amide bonds. The van der Waals surface area contributed by atoms with Gasteiger partial charge in [0.1, 0.15) is 0 Å². The van der Waals surface area contributed by atoms with Crippen molar-refractivity contribution in [3.63, 3.8) is 0 Å². The third kappa shape index (κ3) is 3.33. The van der Waals surface area contributed by atoms with Crippen LogP contribution in [-0.2, 0) is 6.54 Å². The van der Waals surface area contributed by atoms with E-state index in [1.54, 1.807) is 0 Å². The normalized spacial score (nSPS) is 10.8. The van der Waals surface area contributed by atoms with Crippen molar-refractivity contribution in [2.45, 2.75) is 33.7 Å². The van der Waals surface area contributed by atoms with E-state index in [0.717, 1.165) is 29.8 Å². The first-order chi connectivity index (χ1) is 9.61. The minimum atomic E-state index is -0.124. The Labute approximate surface area is 119 Å². The molecule has 0 atom stereocenters. The standard InChI is InChI=1S/C16H21N3O/c1-4-7-17-10-14-9-15(18-19-16(14)20)13-6-5-11(2)12(3)8-13/h5-6,8-9,17H,4,7,10H2,1-3H3,(H,19,20). The molecule has 0 fully saturated rings. The molecule has 0 spiro atoms. The molecule has 0 saturated heterocycles. The summed E-state index contributed by atoms with van der Waals surface area (Å²) in [7, 11) is 0. The fourth-order valence-corrected chi connectivity index (χ4v) is 2.03. The molecular formula is C16H21N3O. The second kappa shape index (κ2) is 6.48. The van der Waals surface area contributed by atoms with Crippen LogP contribution in [0, 0.1) is 13.8 Å². The molecule has 4 heteroatoms. The summed E-state index contributed by atoms with van der Waals surface area (Å²) < 4.78 is 0. The van der Waals surface area contributed by atoms with Crippen molar-refractivity contribution in [3.05, 3.63) is 51.3 Å². The van der Waals surface area contributed by atoms with Crippen molar-refractivity contribution in [1.29, 1.82) is 0 Å². The van der Waals surface area contributed by atoms with Crippen molar-refractivity contribution in [3.8, 4) is 11.3 Å². The molecule has 0 aliphatic rings. The smallest absolute Gasteiger partial charge is 0.268 e. The Morgan fingerprint density at radius 2 is 2.00 bits per heavy atom. The van der Waals surface area contributed by atoms with Gasteiger partial charge in [0.05, 0.1) is 5.69 Å². The van der Waals surface area contributed by atoms with Gasteiger partial charge < -0.3 is 5.32 Å². The van der Waals surface area contributed by atoms with Gasteiger partial charge in [-0.2, -0.15) is 5.10 Å². The molecule has 2 rings (SSSR count). The Bertz CT molecular complexity index is 646. The number of hydrogen-bond donors (Lipinski definition) is 2. The van der Waals surface area contributed by atoms with E-state index in [1.807, 2.05) is 12.1 Å². The molecule has 1 aromatic heterocycles. The Morgan fingerprint density at radius 1 is 1.20 bits per heavy atom. The molecule has 0 saturated carbocycles. The molecule has 1 heterocycles. The monoisotopic (exact) mass is 271 g/mol. The summed E-state index contributed by atoms with van der Waals surface area (Å²) in [6, 6.07) is 8.07. The molecule has 1 aromatic carbocycles. The van der Waals surface area contributed by atoms with Gasteiger partial charge >= 0.3 is 0 Å². The van der Waals surface area contributed by atoms with Crippen LogP contribution in [0.4, 0.5) is 0 Å². The Kier molecular flexibility index (Phi) is 4.69. The van der Waals surface area contributed by atoms with Crippen LogP contribution in [0.3, 0.4) is 0 Å². The predicted molar refractivity (Wildman–Crippen MR) is 81.8 cm³/mol. The van der Waals surface area contributed by atoms with Gasteiger partial charge in [-0.05, 0) is 50.1 Å². The summed E-state index contributed by atoms with van der Waals surface area (Å²) in [6.45, 7) is 7.74. The molecule has 20 heavy (non-hydrogen) atoms. The van der Waals surface area contributed by atoms with Crippen LogP contribution in [0.15, 0.2) is 29.1 Å². The van der Waals surface area contributed by atoms with Crippen molar-refractivity contribution in [2.24, 2.45) is 0 Å². The van der Waals surface area contributed by atoms with E-state index in [2.05, 4.69) is 48.4 Å².